The Morgan fingerprint density at radius 1 is 1.21 bits per heavy atom. The Morgan fingerprint density at radius 2 is 1.95 bits per heavy atom. The van der Waals surface area contributed by atoms with Crippen LogP contribution in [0.1, 0.15) is 26.5 Å². The highest BCUT2D eigenvalue weighted by atomic mass is 19.1. The van der Waals surface area contributed by atoms with Gasteiger partial charge >= 0.3 is 0 Å². The van der Waals surface area contributed by atoms with Gasteiger partial charge in [0, 0.05) is 23.3 Å². The zero-order valence-corrected chi connectivity index (χ0v) is 11.2. The lowest BCUT2D eigenvalue weighted by atomic mass is 10.1. The minimum Gasteiger partial charge on any atom is -0.306 e. The van der Waals surface area contributed by atoms with Crippen molar-refractivity contribution in [3.05, 3.63) is 41.6 Å². The van der Waals surface area contributed by atoms with Gasteiger partial charge in [-0.25, -0.2) is 8.78 Å². The van der Waals surface area contributed by atoms with E-state index in [0.717, 1.165) is 23.9 Å². The average Bonchev–Trinajstić information content (AvgIpc) is 2.77. The molecule has 0 radical (unpaired) electrons. The molecule has 1 aromatic carbocycles. The highest BCUT2D eigenvalue weighted by molar-refractivity contribution is 5.60. The van der Waals surface area contributed by atoms with E-state index in [1.54, 1.807) is 6.07 Å². The number of H-pyrrole nitrogens is 1. The lowest BCUT2D eigenvalue weighted by molar-refractivity contribution is 0.421. The molecule has 2 aromatic rings. The topological polar surface area (TPSA) is 40.7 Å². The number of rotatable bonds is 3. The van der Waals surface area contributed by atoms with Crippen LogP contribution in [-0.4, -0.2) is 15.7 Å². The van der Waals surface area contributed by atoms with E-state index in [4.69, 9.17) is 0 Å². The summed E-state index contributed by atoms with van der Waals surface area (Å²) in [4.78, 5) is 0. The summed E-state index contributed by atoms with van der Waals surface area (Å²) in [5, 5.41) is 10.1. The second kappa shape index (κ2) is 5.09. The Labute approximate surface area is 111 Å². The van der Waals surface area contributed by atoms with E-state index in [1.807, 2.05) is 0 Å². The van der Waals surface area contributed by atoms with Crippen molar-refractivity contribution in [1.29, 1.82) is 0 Å². The van der Waals surface area contributed by atoms with Gasteiger partial charge in [-0.1, -0.05) is 0 Å². The smallest absolute Gasteiger partial charge is 0.132 e. The maximum atomic E-state index is 13.6. The Morgan fingerprint density at radius 3 is 2.63 bits per heavy atom. The van der Waals surface area contributed by atoms with Crippen LogP contribution in [0.25, 0.3) is 11.3 Å². The first-order valence-corrected chi connectivity index (χ1v) is 6.10. The molecule has 0 bridgehead atoms. The molecule has 2 rings (SSSR count). The number of aromatic nitrogens is 2. The van der Waals surface area contributed by atoms with Crippen LogP contribution >= 0.6 is 0 Å². The fourth-order valence-electron chi connectivity index (χ4n) is 1.64. The van der Waals surface area contributed by atoms with Gasteiger partial charge < -0.3 is 5.32 Å². The quantitative estimate of drug-likeness (QED) is 0.894. The van der Waals surface area contributed by atoms with Crippen molar-refractivity contribution in [2.75, 3.05) is 0 Å². The monoisotopic (exact) mass is 265 g/mol. The van der Waals surface area contributed by atoms with E-state index < -0.39 is 11.6 Å². The molecule has 0 aliphatic rings. The van der Waals surface area contributed by atoms with E-state index in [2.05, 4.69) is 36.3 Å². The standard InChI is InChI=1S/C14H17F2N3/c1-14(2,3)17-8-10-7-13(19-18-10)11-6-9(15)4-5-12(11)16/h4-7,17H,8H2,1-3H3,(H,18,19). The van der Waals surface area contributed by atoms with Crippen LogP contribution in [0.5, 0.6) is 0 Å². The Hall–Kier alpha value is -1.75. The summed E-state index contributed by atoms with van der Waals surface area (Å²) < 4.78 is 26.7. The van der Waals surface area contributed by atoms with Crippen LogP contribution < -0.4 is 5.32 Å². The number of nitrogens with one attached hydrogen (secondary N) is 2. The molecule has 0 fully saturated rings. The molecule has 0 amide bonds. The van der Waals surface area contributed by atoms with Gasteiger partial charge in [-0.2, -0.15) is 5.10 Å². The van der Waals surface area contributed by atoms with E-state index in [9.17, 15) is 8.78 Å². The number of hydrogen-bond donors (Lipinski definition) is 2. The molecule has 102 valence electrons. The molecule has 1 aromatic heterocycles. The minimum absolute atomic E-state index is 0.0185. The Kier molecular flexibility index (Phi) is 3.66. The maximum absolute atomic E-state index is 13.6. The molecule has 0 saturated carbocycles. The SMILES string of the molecule is CC(C)(C)NCc1cc(-c2cc(F)ccc2F)n[nH]1. The second-order valence-corrected chi connectivity index (χ2v) is 5.51. The van der Waals surface area contributed by atoms with Crippen molar-refractivity contribution < 1.29 is 8.78 Å². The predicted octanol–water partition coefficient (Wildman–Crippen LogP) is 3.24. The van der Waals surface area contributed by atoms with Crippen LogP contribution in [0.3, 0.4) is 0 Å². The molecule has 2 N–H and O–H groups in total. The van der Waals surface area contributed by atoms with E-state index >= 15 is 0 Å². The Balaban J connectivity index is 2.19. The number of halogens is 2. The molecule has 0 saturated heterocycles. The van der Waals surface area contributed by atoms with Crippen LogP contribution in [-0.2, 0) is 6.54 Å². The van der Waals surface area contributed by atoms with E-state index in [1.165, 1.54) is 0 Å². The van der Waals surface area contributed by atoms with Gasteiger partial charge in [0.1, 0.15) is 11.6 Å². The van der Waals surface area contributed by atoms with Gasteiger partial charge in [-0.3, -0.25) is 5.10 Å². The summed E-state index contributed by atoms with van der Waals surface area (Å²) in [7, 11) is 0. The highest BCUT2D eigenvalue weighted by Gasteiger charge is 2.12. The van der Waals surface area contributed by atoms with Crippen LogP contribution in [0, 0.1) is 11.6 Å². The number of hydrogen-bond acceptors (Lipinski definition) is 2. The van der Waals surface area contributed by atoms with Crippen molar-refractivity contribution >= 4 is 0 Å². The first-order valence-electron chi connectivity index (χ1n) is 6.10. The van der Waals surface area contributed by atoms with Gasteiger partial charge in [0.05, 0.1) is 5.69 Å². The third kappa shape index (κ3) is 3.61. The van der Waals surface area contributed by atoms with Gasteiger partial charge in [0.25, 0.3) is 0 Å². The largest absolute Gasteiger partial charge is 0.306 e. The van der Waals surface area contributed by atoms with Crippen LogP contribution in [0.4, 0.5) is 8.78 Å². The first kappa shape index (κ1) is 13.7. The lowest BCUT2D eigenvalue weighted by Crippen LogP contribution is -2.35. The maximum Gasteiger partial charge on any atom is 0.132 e. The summed E-state index contributed by atoms with van der Waals surface area (Å²) in [5.41, 5.74) is 1.38. The molecule has 3 nitrogen and oxygen atoms in total. The number of aromatic amines is 1. The molecule has 0 aliphatic heterocycles. The van der Waals surface area contributed by atoms with Crippen LogP contribution in [0.2, 0.25) is 0 Å². The van der Waals surface area contributed by atoms with Crippen molar-refractivity contribution in [1.82, 2.24) is 15.5 Å². The van der Waals surface area contributed by atoms with Gasteiger partial charge in [-0.15, -0.1) is 0 Å². The predicted molar refractivity (Wildman–Crippen MR) is 70.5 cm³/mol. The molecular weight excluding hydrogens is 248 g/mol. The molecule has 0 atom stereocenters. The molecule has 5 heteroatoms. The summed E-state index contributed by atoms with van der Waals surface area (Å²) in [5.74, 6) is -0.961. The third-order valence-electron chi connectivity index (χ3n) is 2.64. The Bertz CT molecular complexity index is 570. The molecule has 19 heavy (non-hydrogen) atoms. The van der Waals surface area contributed by atoms with Gasteiger partial charge in [0.15, 0.2) is 0 Å². The molecular formula is C14H17F2N3. The molecule has 0 aliphatic carbocycles. The fraction of sp³-hybridized carbons (Fsp3) is 0.357. The van der Waals surface area contributed by atoms with E-state index in [-0.39, 0.29) is 11.1 Å². The highest BCUT2D eigenvalue weighted by Crippen LogP contribution is 2.22. The number of benzene rings is 1. The molecule has 1 heterocycles. The van der Waals surface area contributed by atoms with Crippen molar-refractivity contribution in [3.8, 4) is 11.3 Å². The summed E-state index contributed by atoms with van der Waals surface area (Å²) >= 11 is 0. The third-order valence-corrected chi connectivity index (χ3v) is 2.64. The zero-order valence-electron chi connectivity index (χ0n) is 11.2. The first-order chi connectivity index (χ1) is 8.85. The summed E-state index contributed by atoms with van der Waals surface area (Å²) in [6.07, 6.45) is 0. The summed E-state index contributed by atoms with van der Waals surface area (Å²) in [6.45, 7) is 6.75. The minimum atomic E-state index is -0.483. The fourth-order valence-corrected chi connectivity index (χ4v) is 1.64. The van der Waals surface area contributed by atoms with Crippen LogP contribution in [0.15, 0.2) is 24.3 Å². The normalized spacial score (nSPS) is 11.8. The lowest BCUT2D eigenvalue weighted by Gasteiger charge is -2.19. The van der Waals surface area contributed by atoms with Crippen molar-refractivity contribution in [2.24, 2.45) is 0 Å². The van der Waals surface area contributed by atoms with E-state index in [0.29, 0.717) is 12.2 Å². The number of nitrogens with zero attached hydrogens (tertiary/aromatic N) is 1. The van der Waals surface area contributed by atoms with Crippen molar-refractivity contribution in [2.45, 2.75) is 32.9 Å². The zero-order chi connectivity index (χ0) is 14.0. The molecule has 0 spiro atoms. The van der Waals surface area contributed by atoms with Crippen molar-refractivity contribution in [3.63, 3.8) is 0 Å². The summed E-state index contributed by atoms with van der Waals surface area (Å²) in [6, 6.07) is 5.06. The van der Waals surface area contributed by atoms with Gasteiger partial charge in [0.2, 0.25) is 0 Å². The van der Waals surface area contributed by atoms with Gasteiger partial charge in [-0.05, 0) is 45.0 Å². The average molecular weight is 265 g/mol. The second-order valence-electron chi connectivity index (χ2n) is 5.51. The molecule has 0 unspecified atom stereocenters.